The number of hydrogen-bond donors (Lipinski definition) is 2. The summed E-state index contributed by atoms with van der Waals surface area (Å²) in [6.45, 7) is 2.11. The molecule has 6 nitrogen and oxygen atoms in total. The minimum Gasteiger partial charge on any atom is -0.495 e. The minimum absolute atomic E-state index is 0.194. The number of carbonyl (C=O) groups excluding carboxylic acids is 1. The number of methoxy groups -OCH3 is 1. The Kier molecular flexibility index (Phi) is 3.70. The first kappa shape index (κ1) is 12.9. The summed E-state index contributed by atoms with van der Waals surface area (Å²) < 4.78 is 9.93. The lowest BCUT2D eigenvalue weighted by atomic mass is 10.2. The third kappa shape index (κ3) is 3.04. The van der Waals surface area contributed by atoms with Gasteiger partial charge in [-0.3, -0.25) is 4.79 Å². The number of rotatable bonds is 4. The number of nitrogens with one attached hydrogen (secondary N) is 1. The average molecular weight is 261 g/mol. The molecule has 0 bridgehead atoms. The molecule has 0 aliphatic heterocycles. The lowest BCUT2D eigenvalue weighted by Crippen LogP contribution is -2.22. The second-order valence-electron chi connectivity index (χ2n) is 4.09. The Hall–Kier alpha value is -2.50. The first-order chi connectivity index (χ1) is 9.10. The van der Waals surface area contributed by atoms with Crippen molar-refractivity contribution >= 4 is 11.6 Å². The Balaban J connectivity index is 1.99. The van der Waals surface area contributed by atoms with E-state index in [2.05, 4.69) is 10.5 Å². The highest BCUT2D eigenvalue weighted by atomic mass is 16.5. The van der Waals surface area contributed by atoms with Crippen LogP contribution in [0.25, 0.3) is 0 Å². The highest BCUT2D eigenvalue weighted by Crippen LogP contribution is 2.21. The predicted molar refractivity (Wildman–Crippen MR) is 69.8 cm³/mol. The van der Waals surface area contributed by atoms with Crippen LogP contribution in [0.3, 0.4) is 0 Å². The summed E-state index contributed by atoms with van der Waals surface area (Å²) in [5, 5.41) is 6.38. The molecular formula is C13H15N3O3. The second kappa shape index (κ2) is 5.43. The molecule has 6 heteroatoms. The monoisotopic (exact) mass is 261 g/mol. The van der Waals surface area contributed by atoms with Crippen molar-refractivity contribution in [3.05, 3.63) is 41.3 Å². The zero-order valence-corrected chi connectivity index (χ0v) is 10.8. The molecule has 2 aromatic rings. The molecule has 1 aromatic carbocycles. The molecule has 0 unspecified atom stereocenters. The van der Waals surface area contributed by atoms with Gasteiger partial charge in [0.15, 0.2) is 0 Å². The Morgan fingerprint density at radius 1 is 1.47 bits per heavy atom. The molecule has 1 heterocycles. The minimum atomic E-state index is -0.310. The maximum atomic E-state index is 11.7. The predicted octanol–water partition coefficient (Wildman–Crippen LogP) is 1.50. The van der Waals surface area contributed by atoms with Crippen LogP contribution in [0.1, 0.15) is 21.8 Å². The molecule has 0 saturated carbocycles. The lowest BCUT2D eigenvalue weighted by molar-refractivity contribution is 0.0914. The van der Waals surface area contributed by atoms with Crippen LogP contribution in [0.2, 0.25) is 0 Å². The molecule has 0 aliphatic rings. The van der Waals surface area contributed by atoms with E-state index in [1.54, 1.807) is 32.2 Å². The molecule has 0 atom stereocenters. The number of amides is 1. The van der Waals surface area contributed by atoms with Crippen LogP contribution < -0.4 is 15.8 Å². The smallest absolute Gasteiger partial charge is 0.290 e. The Bertz CT molecular complexity index is 593. The van der Waals surface area contributed by atoms with Gasteiger partial charge in [0.05, 0.1) is 18.5 Å². The molecule has 1 amide bonds. The molecule has 19 heavy (non-hydrogen) atoms. The van der Waals surface area contributed by atoms with Gasteiger partial charge in [-0.2, -0.15) is 0 Å². The zero-order chi connectivity index (χ0) is 13.8. The van der Waals surface area contributed by atoms with Crippen molar-refractivity contribution in [1.29, 1.82) is 0 Å². The van der Waals surface area contributed by atoms with Crippen LogP contribution in [0, 0.1) is 6.92 Å². The number of anilines is 1. The van der Waals surface area contributed by atoms with Gasteiger partial charge in [-0.25, -0.2) is 0 Å². The summed E-state index contributed by atoms with van der Waals surface area (Å²) in [4.78, 5) is 11.7. The number of nitrogen functional groups attached to an aromatic ring is 1. The van der Waals surface area contributed by atoms with Gasteiger partial charge >= 0.3 is 0 Å². The molecule has 100 valence electrons. The van der Waals surface area contributed by atoms with Gasteiger partial charge in [0.2, 0.25) is 5.76 Å². The fraction of sp³-hybridized carbons (Fsp3) is 0.231. The number of ether oxygens (including phenoxy) is 1. The van der Waals surface area contributed by atoms with Crippen LogP contribution in [-0.2, 0) is 6.54 Å². The van der Waals surface area contributed by atoms with Gasteiger partial charge in [-0.05, 0) is 24.6 Å². The third-order valence-electron chi connectivity index (χ3n) is 2.60. The van der Waals surface area contributed by atoms with Crippen molar-refractivity contribution in [2.75, 3.05) is 12.8 Å². The van der Waals surface area contributed by atoms with E-state index in [1.807, 2.05) is 6.07 Å². The van der Waals surface area contributed by atoms with Gasteiger partial charge in [-0.1, -0.05) is 11.2 Å². The van der Waals surface area contributed by atoms with Gasteiger partial charge in [-0.15, -0.1) is 0 Å². The molecule has 1 aromatic heterocycles. The van der Waals surface area contributed by atoms with Crippen LogP contribution in [0.5, 0.6) is 5.75 Å². The van der Waals surface area contributed by atoms with Crippen LogP contribution >= 0.6 is 0 Å². The summed E-state index contributed by atoms with van der Waals surface area (Å²) in [6, 6.07) is 6.93. The number of nitrogens with two attached hydrogens (primary N) is 1. The highest BCUT2D eigenvalue weighted by molar-refractivity contribution is 5.91. The van der Waals surface area contributed by atoms with Crippen molar-refractivity contribution in [3.63, 3.8) is 0 Å². The Morgan fingerprint density at radius 3 is 2.84 bits per heavy atom. The average Bonchev–Trinajstić information content (AvgIpc) is 2.83. The van der Waals surface area contributed by atoms with Crippen molar-refractivity contribution in [2.45, 2.75) is 13.5 Å². The molecular weight excluding hydrogens is 246 g/mol. The van der Waals surface area contributed by atoms with Crippen molar-refractivity contribution in [3.8, 4) is 5.75 Å². The van der Waals surface area contributed by atoms with Gasteiger partial charge in [0.25, 0.3) is 5.91 Å². The quantitative estimate of drug-likeness (QED) is 0.814. The van der Waals surface area contributed by atoms with Crippen molar-refractivity contribution in [2.24, 2.45) is 0 Å². The van der Waals surface area contributed by atoms with Gasteiger partial charge in [0.1, 0.15) is 5.75 Å². The normalized spacial score (nSPS) is 10.2. The first-order valence-corrected chi connectivity index (χ1v) is 5.74. The summed E-state index contributed by atoms with van der Waals surface area (Å²) in [5.41, 5.74) is 7.86. The van der Waals surface area contributed by atoms with Crippen molar-refractivity contribution < 1.29 is 14.1 Å². The van der Waals surface area contributed by atoms with Crippen LogP contribution in [0.15, 0.2) is 28.8 Å². The number of benzene rings is 1. The number of aryl methyl sites for hydroxylation is 1. The maximum absolute atomic E-state index is 11.7. The fourth-order valence-electron chi connectivity index (χ4n) is 1.63. The van der Waals surface area contributed by atoms with Gasteiger partial charge < -0.3 is 20.3 Å². The number of hydrogen-bond acceptors (Lipinski definition) is 5. The van der Waals surface area contributed by atoms with E-state index in [9.17, 15) is 4.79 Å². The first-order valence-electron chi connectivity index (χ1n) is 5.74. The van der Waals surface area contributed by atoms with E-state index >= 15 is 0 Å². The Labute approximate surface area is 110 Å². The number of nitrogens with zero attached hydrogens (tertiary/aromatic N) is 1. The summed E-state index contributed by atoms with van der Waals surface area (Å²) >= 11 is 0. The molecule has 0 radical (unpaired) electrons. The van der Waals surface area contributed by atoms with Gasteiger partial charge in [0, 0.05) is 12.6 Å². The summed E-state index contributed by atoms with van der Waals surface area (Å²) in [5.74, 6) is 0.495. The Morgan fingerprint density at radius 2 is 2.26 bits per heavy atom. The highest BCUT2D eigenvalue weighted by Gasteiger charge is 2.11. The topological polar surface area (TPSA) is 90.4 Å². The largest absolute Gasteiger partial charge is 0.495 e. The van der Waals surface area contributed by atoms with Crippen LogP contribution in [0.4, 0.5) is 5.69 Å². The second-order valence-corrected chi connectivity index (χ2v) is 4.09. The number of aromatic nitrogens is 1. The van der Waals surface area contributed by atoms with E-state index in [4.69, 9.17) is 15.0 Å². The standard InChI is InChI=1S/C13H15N3O3/c1-8-5-12(19-16-8)13(17)15-7-9-3-4-11(18-2)10(14)6-9/h3-6H,7,14H2,1-2H3,(H,15,17). The summed E-state index contributed by atoms with van der Waals surface area (Å²) in [7, 11) is 1.55. The van der Waals surface area contributed by atoms with E-state index in [0.29, 0.717) is 23.7 Å². The number of carbonyl (C=O) groups is 1. The molecule has 2 rings (SSSR count). The SMILES string of the molecule is COc1ccc(CNC(=O)c2cc(C)no2)cc1N. The van der Waals surface area contributed by atoms with E-state index in [1.165, 1.54) is 0 Å². The van der Waals surface area contributed by atoms with E-state index in [-0.39, 0.29) is 11.7 Å². The maximum Gasteiger partial charge on any atom is 0.290 e. The zero-order valence-electron chi connectivity index (χ0n) is 10.8. The lowest BCUT2D eigenvalue weighted by Gasteiger charge is -2.07. The fourth-order valence-corrected chi connectivity index (χ4v) is 1.63. The van der Waals surface area contributed by atoms with Crippen LogP contribution in [-0.4, -0.2) is 18.2 Å². The molecule has 0 aliphatic carbocycles. The van der Waals surface area contributed by atoms with Crippen molar-refractivity contribution in [1.82, 2.24) is 10.5 Å². The van der Waals surface area contributed by atoms with E-state index in [0.717, 1.165) is 5.56 Å². The van der Waals surface area contributed by atoms with E-state index < -0.39 is 0 Å². The molecule has 0 fully saturated rings. The molecule has 0 spiro atoms. The molecule has 3 N–H and O–H groups in total. The third-order valence-corrected chi connectivity index (χ3v) is 2.60. The molecule has 0 saturated heterocycles. The summed E-state index contributed by atoms with van der Waals surface area (Å²) in [6.07, 6.45) is 0.